The standard InChI is InChI=1S/C20H26N2O/c1-16(23)19-13-20(21(2)14-19)15-22-11-6-9-18(10-12-22)17-7-4-3-5-8-17/h3-5,7-8,13-14,18H,6,9-12,15H2,1-2H3/t18-/m1/s1. The number of hydrogen-bond donors (Lipinski definition) is 0. The molecular formula is C20H26N2O. The van der Waals surface area contributed by atoms with Crippen molar-refractivity contribution < 1.29 is 4.79 Å². The number of carbonyl (C=O) groups excluding carboxylic acids is 1. The molecule has 0 spiro atoms. The quantitative estimate of drug-likeness (QED) is 0.798. The minimum atomic E-state index is 0.145. The Morgan fingerprint density at radius 2 is 1.96 bits per heavy atom. The molecule has 1 fully saturated rings. The van der Waals surface area contributed by atoms with E-state index in [2.05, 4.69) is 39.8 Å². The summed E-state index contributed by atoms with van der Waals surface area (Å²) >= 11 is 0. The lowest BCUT2D eigenvalue weighted by Crippen LogP contribution is -2.25. The van der Waals surface area contributed by atoms with E-state index in [1.807, 2.05) is 19.3 Å². The number of benzene rings is 1. The van der Waals surface area contributed by atoms with Crippen molar-refractivity contribution in [1.82, 2.24) is 9.47 Å². The average Bonchev–Trinajstić information content (AvgIpc) is 2.77. The van der Waals surface area contributed by atoms with Crippen molar-refractivity contribution in [3.8, 4) is 0 Å². The first-order valence-electron chi connectivity index (χ1n) is 8.57. The van der Waals surface area contributed by atoms with Crippen LogP contribution in [-0.2, 0) is 13.6 Å². The number of hydrogen-bond acceptors (Lipinski definition) is 2. The minimum absolute atomic E-state index is 0.145. The second kappa shape index (κ2) is 7.14. The van der Waals surface area contributed by atoms with Crippen LogP contribution in [0.5, 0.6) is 0 Å². The third-order valence-corrected chi connectivity index (χ3v) is 4.99. The summed E-state index contributed by atoms with van der Waals surface area (Å²) in [6.07, 6.45) is 5.67. The number of aryl methyl sites for hydroxylation is 1. The first-order valence-corrected chi connectivity index (χ1v) is 8.57. The van der Waals surface area contributed by atoms with Crippen molar-refractivity contribution in [1.29, 1.82) is 0 Å². The lowest BCUT2D eigenvalue weighted by atomic mass is 9.92. The highest BCUT2D eigenvalue weighted by molar-refractivity contribution is 5.94. The molecule has 3 rings (SSSR count). The largest absolute Gasteiger partial charge is 0.353 e. The molecule has 0 bridgehead atoms. The van der Waals surface area contributed by atoms with Crippen LogP contribution in [0.15, 0.2) is 42.6 Å². The van der Waals surface area contributed by atoms with Gasteiger partial charge in [0.2, 0.25) is 0 Å². The smallest absolute Gasteiger partial charge is 0.161 e. The van der Waals surface area contributed by atoms with Gasteiger partial charge in [-0.15, -0.1) is 0 Å². The van der Waals surface area contributed by atoms with Gasteiger partial charge in [0.1, 0.15) is 0 Å². The highest BCUT2D eigenvalue weighted by atomic mass is 16.1. The van der Waals surface area contributed by atoms with Crippen LogP contribution >= 0.6 is 0 Å². The van der Waals surface area contributed by atoms with Gasteiger partial charge in [0.15, 0.2) is 5.78 Å². The number of ketones is 1. The minimum Gasteiger partial charge on any atom is -0.353 e. The van der Waals surface area contributed by atoms with Crippen molar-refractivity contribution in [3.05, 3.63) is 59.4 Å². The summed E-state index contributed by atoms with van der Waals surface area (Å²) < 4.78 is 2.09. The first kappa shape index (κ1) is 16.0. The van der Waals surface area contributed by atoms with Gasteiger partial charge < -0.3 is 4.57 Å². The van der Waals surface area contributed by atoms with Gasteiger partial charge in [-0.25, -0.2) is 0 Å². The highest BCUT2D eigenvalue weighted by Gasteiger charge is 2.19. The van der Waals surface area contributed by atoms with Gasteiger partial charge in [0, 0.05) is 31.0 Å². The molecule has 3 nitrogen and oxygen atoms in total. The SMILES string of the molecule is CC(=O)c1cc(CN2CCC[C@@H](c3ccccc3)CC2)n(C)c1. The van der Waals surface area contributed by atoms with Crippen molar-refractivity contribution in [2.45, 2.75) is 38.6 Å². The van der Waals surface area contributed by atoms with Gasteiger partial charge in [0.05, 0.1) is 0 Å². The molecular weight excluding hydrogens is 284 g/mol. The van der Waals surface area contributed by atoms with E-state index in [1.54, 1.807) is 6.92 Å². The molecule has 1 aliphatic heterocycles. The van der Waals surface area contributed by atoms with Crippen molar-refractivity contribution >= 4 is 5.78 Å². The Morgan fingerprint density at radius 3 is 2.65 bits per heavy atom. The molecule has 2 heterocycles. The Bertz CT molecular complexity index is 660. The monoisotopic (exact) mass is 310 g/mol. The fraction of sp³-hybridized carbons (Fsp3) is 0.450. The summed E-state index contributed by atoms with van der Waals surface area (Å²) in [4.78, 5) is 14.1. The molecule has 0 radical (unpaired) electrons. The summed E-state index contributed by atoms with van der Waals surface area (Å²) in [5.74, 6) is 0.828. The van der Waals surface area contributed by atoms with E-state index >= 15 is 0 Å². The summed E-state index contributed by atoms with van der Waals surface area (Å²) in [6.45, 7) is 4.84. The molecule has 23 heavy (non-hydrogen) atoms. The van der Waals surface area contributed by atoms with Gasteiger partial charge >= 0.3 is 0 Å². The topological polar surface area (TPSA) is 25.2 Å². The summed E-state index contributed by atoms with van der Waals surface area (Å²) in [6, 6.07) is 12.9. The predicted octanol–water partition coefficient (Wildman–Crippen LogP) is 4.00. The zero-order valence-electron chi connectivity index (χ0n) is 14.2. The van der Waals surface area contributed by atoms with Crippen LogP contribution < -0.4 is 0 Å². The summed E-state index contributed by atoms with van der Waals surface area (Å²) in [5, 5.41) is 0. The number of Topliss-reactive ketones (excluding diaryl/α,β-unsaturated/α-hetero) is 1. The lowest BCUT2D eigenvalue weighted by molar-refractivity contribution is 0.101. The number of likely N-dealkylation sites (tertiary alicyclic amines) is 1. The molecule has 2 aromatic rings. The Morgan fingerprint density at radius 1 is 1.17 bits per heavy atom. The molecule has 1 aliphatic rings. The Labute approximate surface area is 138 Å². The van der Waals surface area contributed by atoms with E-state index in [4.69, 9.17) is 0 Å². The second-order valence-electron chi connectivity index (χ2n) is 6.70. The highest BCUT2D eigenvalue weighted by Crippen LogP contribution is 2.28. The molecule has 1 saturated heterocycles. The van der Waals surface area contributed by atoms with Gasteiger partial charge in [0.25, 0.3) is 0 Å². The number of aromatic nitrogens is 1. The third kappa shape index (κ3) is 3.91. The Hall–Kier alpha value is -1.87. The van der Waals surface area contributed by atoms with Crippen LogP contribution in [0.4, 0.5) is 0 Å². The van der Waals surface area contributed by atoms with Crippen LogP contribution in [-0.4, -0.2) is 28.3 Å². The fourth-order valence-electron chi connectivity index (χ4n) is 3.56. The number of carbonyl (C=O) groups is 1. The molecule has 1 aromatic heterocycles. The normalized spacial score (nSPS) is 19.5. The van der Waals surface area contributed by atoms with E-state index in [0.29, 0.717) is 5.92 Å². The maximum absolute atomic E-state index is 11.5. The summed E-state index contributed by atoms with van der Waals surface area (Å²) in [7, 11) is 2.03. The average molecular weight is 310 g/mol. The number of nitrogens with zero attached hydrogens (tertiary/aromatic N) is 2. The van der Waals surface area contributed by atoms with Crippen molar-refractivity contribution in [2.24, 2.45) is 7.05 Å². The predicted molar refractivity (Wildman–Crippen MR) is 93.7 cm³/mol. The third-order valence-electron chi connectivity index (χ3n) is 4.99. The van der Waals surface area contributed by atoms with Crippen molar-refractivity contribution in [2.75, 3.05) is 13.1 Å². The molecule has 0 saturated carbocycles. The maximum atomic E-state index is 11.5. The zero-order valence-corrected chi connectivity index (χ0v) is 14.2. The van der Waals surface area contributed by atoms with Crippen LogP contribution in [0.25, 0.3) is 0 Å². The van der Waals surface area contributed by atoms with E-state index in [0.717, 1.165) is 25.2 Å². The van der Waals surface area contributed by atoms with Gasteiger partial charge in [-0.3, -0.25) is 9.69 Å². The molecule has 3 heteroatoms. The van der Waals surface area contributed by atoms with E-state index in [1.165, 1.54) is 30.5 Å². The second-order valence-corrected chi connectivity index (χ2v) is 6.70. The zero-order chi connectivity index (χ0) is 16.2. The van der Waals surface area contributed by atoms with Crippen LogP contribution in [0, 0.1) is 0 Å². The molecule has 0 aliphatic carbocycles. The Balaban J connectivity index is 1.63. The van der Waals surface area contributed by atoms with Gasteiger partial charge in [-0.2, -0.15) is 0 Å². The molecule has 1 atom stereocenters. The van der Waals surface area contributed by atoms with Crippen LogP contribution in [0.2, 0.25) is 0 Å². The molecule has 122 valence electrons. The first-order chi connectivity index (χ1) is 11.1. The fourth-order valence-corrected chi connectivity index (χ4v) is 3.56. The van der Waals surface area contributed by atoms with Gasteiger partial charge in [-0.05, 0) is 56.8 Å². The van der Waals surface area contributed by atoms with Crippen LogP contribution in [0.3, 0.4) is 0 Å². The molecule has 0 N–H and O–H groups in total. The summed E-state index contributed by atoms with van der Waals surface area (Å²) in [5.41, 5.74) is 3.53. The van der Waals surface area contributed by atoms with Gasteiger partial charge in [-0.1, -0.05) is 30.3 Å². The molecule has 1 aromatic carbocycles. The number of rotatable bonds is 4. The Kier molecular flexibility index (Phi) is 4.97. The maximum Gasteiger partial charge on any atom is 0.161 e. The molecule has 0 amide bonds. The van der Waals surface area contributed by atoms with E-state index in [9.17, 15) is 4.79 Å². The van der Waals surface area contributed by atoms with Crippen molar-refractivity contribution in [3.63, 3.8) is 0 Å². The van der Waals surface area contributed by atoms with Crippen LogP contribution in [0.1, 0.15) is 53.7 Å². The van der Waals surface area contributed by atoms with E-state index < -0.39 is 0 Å². The molecule has 0 unspecified atom stereocenters. The lowest BCUT2D eigenvalue weighted by Gasteiger charge is -2.20. The van der Waals surface area contributed by atoms with E-state index in [-0.39, 0.29) is 5.78 Å².